The van der Waals surface area contributed by atoms with Gasteiger partial charge in [-0.2, -0.15) is 0 Å². The lowest BCUT2D eigenvalue weighted by atomic mass is 10.1. The molecule has 1 fully saturated rings. The van der Waals surface area contributed by atoms with Crippen LogP contribution in [0.15, 0.2) is 0 Å². The van der Waals surface area contributed by atoms with Crippen LogP contribution in [0.3, 0.4) is 0 Å². The summed E-state index contributed by atoms with van der Waals surface area (Å²) in [5.41, 5.74) is 0. The summed E-state index contributed by atoms with van der Waals surface area (Å²) < 4.78 is 0. The van der Waals surface area contributed by atoms with Gasteiger partial charge in [0.25, 0.3) is 0 Å². The average molecular weight is 186 g/mol. The van der Waals surface area contributed by atoms with Gasteiger partial charge in [-0.05, 0) is 12.8 Å². The van der Waals surface area contributed by atoms with Crippen molar-refractivity contribution in [3.63, 3.8) is 0 Å². The quantitative estimate of drug-likeness (QED) is 0.617. The molecule has 0 aromatic heterocycles. The molecule has 0 saturated carbocycles. The summed E-state index contributed by atoms with van der Waals surface area (Å²) in [6, 6.07) is -0.102. The lowest BCUT2D eigenvalue weighted by molar-refractivity contribution is -0.130. The number of amides is 2. The first-order chi connectivity index (χ1) is 6.09. The molecular formula is C8H14N2O3. The van der Waals surface area contributed by atoms with Gasteiger partial charge in [-0.25, -0.2) is 4.79 Å². The molecule has 5 heteroatoms. The van der Waals surface area contributed by atoms with Crippen LogP contribution in [0.5, 0.6) is 0 Å². The van der Waals surface area contributed by atoms with E-state index in [0.29, 0.717) is 6.54 Å². The Bertz CT molecular complexity index is 217. The molecule has 13 heavy (non-hydrogen) atoms. The first-order valence-corrected chi connectivity index (χ1v) is 4.34. The number of carbonyl (C=O) groups excluding carboxylic acids is 1. The second-order valence-corrected chi connectivity index (χ2v) is 3.25. The maximum absolute atomic E-state index is 11.0. The molecule has 0 spiro atoms. The standard InChI is InChI=1S/C8H14N2O3/c1-6(11)10-4-2-3-7(5-10)9-8(12)13/h7,9H,2-5H2,1H3,(H,12,13)/t7-/m0/s1. The Morgan fingerprint density at radius 2 is 2.23 bits per heavy atom. The van der Waals surface area contributed by atoms with Gasteiger partial charge in [0.15, 0.2) is 0 Å². The van der Waals surface area contributed by atoms with Gasteiger partial charge in [0.05, 0.1) is 0 Å². The van der Waals surface area contributed by atoms with Crippen molar-refractivity contribution in [3.8, 4) is 0 Å². The molecule has 0 bridgehead atoms. The van der Waals surface area contributed by atoms with Gasteiger partial charge in [-0.3, -0.25) is 4.79 Å². The highest BCUT2D eigenvalue weighted by Crippen LogP contribution is 2.09. The average Bonchev–Trinajstić information content (AvgIpc) is 2.03. The maximum Gasteiger partial charge on any atom is 0.404 e. The lowest BCUT2D eigenvalue weighted by Gasteiger charge is -2.31. The van der Waals surface area contributed by atoms with Gasteiger partial charge in [0.1, 0.15) is 0 Å². The fourth-order valence-corrected chi connectivity index (χ4v) is 1.56. The largest absolute Gasteiger partial charge is 0.465 e. The Labute approximate surface area is 76.7 Å². The molecule has 0 aromatic rings. The van der Waals surface area contributed by atoms with E-state index in [1.807, 2.05) is 0 Å². The van der Waals surface area contributed by atoms with Crippen LogP contribution in [0.4, 0.5) is 4.79 Å². The van der Waals surface area contributed by atoms with Crippen LogP contribution in [-0.2, 0) is 4.79 Å². The highest BCUT2D eigenvalue weighted by atomic mass is 16.4. The van der Waals surface area contributed by atoms with Crippen molar-refractivity contribution in [3.05, 3.63) is 0 Å². The second-order valence-electron chi connectivity index (χ2n) is 3.25. The molecule has 5 nitrogen and oxygen atoms in total. The molecule has 1 rings (SSSR count). The molecular weight excluding hydrogens is 172 g/mol. The summed E-state index contributed by atoms with van der Waals surface area (Å²) in [5, 5.41) is 10.9. The van der Waals surface area contributed by atoms with Gasteiger partial charge in [-0.1, -0.05) is 0 Å². The zero-order chi connectivity index (χ0) is 9.84. The smallest absolute Gasteiger partial charge is 0.404 e. The van der Waals surface area contributed by atoms with Crippen LogP contribution in [0, 0.1) is 0 Å². The number of nitrogens with zero attached hydrogens (tertiary/aromatic N) is 1. The van der Waals surface area contributed by atoms with Gasteiger partial charge >= 0.3 is 6.09 Å². The van der Waals surface area contributed by atoms with Crippen LogP contribution in [0.25, 0.3) is 0 Å². The summed E-state index contributed by atoms with van der Waals surface area (Å²) in [6.45, 7) is 2.75. The molecule has 1 aliphatic heterocycles. The molecule has 1 aliphatic rings. The van der Waals surface area contributed by atoms with Gasteiger partial charge in [-0.15, -0.1) is 0 Å². The van der Waals surface area contributed by atoms with E-state index in [-0.39, 0.29) is 11.9 Å². The van der Waals surface area contributed by atoms with Crippen molar-refractivity contribution >= 4 is 12.0 Å². The molecule has 0 radical (unpaired) electrons. The summed E-state index contributed by atoms with van der Waals surface area (Å²) in [4.78, 5) is 23.0. The molecule has 1 heterocycles. The predicted molar refractivity (Wildman–Crippen MR) is 46.4 cm³/mol. The Balaban J connectivity index is 2.41. The molecule has 2 amide bonds. The van der Waals surface area contributed by atoms with Crippen LogP contribution >= 0.6 is 0 Å². The monoisotopic (exact) mass is 186 g/mol. The van der Waals surface area contributed by atoms with E-state index < -0.39 is 6.09 Å². The zero-order valence-corrected chi connectivity index (χ0v) is 7.62. The SMILES string of the molecule is CC(=O)N1CCC[C@H](NC(=O)O)C1. The fraction of sp³-hybridized carbons (Fsp3) is 0.750. The van der Waals surface area contributed by atoms with E-state index in [1.165, 1.54) is 6.92 Å². The summed E-state index contributed by atoms with van der Waals surface area (Å²) in [5.74, 6) is 0.0110. The molecule has 1 atom stereocenters. The number of rotatable bonds is 1. The summed E-state index contributed by atoms with van der Waals surface area (Å²) >= 11 is 0. The zero-order valence-electron chi connectivity index (χ0n) is 7.62. The van der Waals surface area contributed by atoms with E-state index in [9.17, 15) is 9.59 Å². The Kier molecular flexibility index (Phi) is 3.11. The van der Waals surface area contributed by atoms with Crippen LogP contribution in [0.2, 0.25) is 0 Å². The van der Waals surface area contributed by atoms with E-state index in [4.69, 9.17) is 5.11 Å². The number of carboxylic acid groups (broad SMARTS) is 1. The Morgan fingerprint density at radius 1 is 1.54 bits per heavy atom. The van der Waals surface area contributed by atoms with Crippen molar-refractivity contribution in [2.24, 2.45) is 0 Å². The van der Waals surface area contributed by atoms with Crippen LogP contribution in [0.1, 0.15) is 19.8 Å². The van der Waals surface area contributed by atoms with Gasteiger partial charge in [0, 0.05) is 26.1 Å². The third-order valence-electron chi connectivity index (χ3n) is 2.19. The first-order valence-electron chi connectivity index (χ1n) is 4.34. The topological polar surface area (TPSA) is 69.6 Å². The first kappa shape index (κ1) is 9.83. The Morgan fingerprint density at radius 3 is 2.77 bits per heavy atom. The van der Waals surface area contributed by atoms with E-state index in [2.05, 4.69) is 5.32 Å². The minimum absolute atomic E-state index is 0.0110. The molecule has 1 saturated heterocycles. The predicted octanol–water partition coefficient (Wildman–Crippen LogP) is 0.265. The Hall–Kier alpha value is -1.26. The van der Waals surface area contributed by atoms with Gasteiger partial charge in [0.2, 0.25) is 5.91 Å². The number of likely N-dealkylation sites (tertiary alicyclic amines) is 1. The number of hydrogen-bond donors (Lipinski definition) is 2. The van der Waals surface area contributed by atoms with Crippen molar-refractivity contribution < 1.29 is 14.7 Å². The van der Waals surface area contributed by atoms with E-state index >= 15 is 0 Å². The summed E-state index contributed by atoms with van der Waals surface area (Å²) in [7, 11) is 0. The van der Waals surface area contributed by atoms with Gasteiger partial charge < -0.3 is 15.3 Å². The minimum Gasteiger partial charge on any atom is -0.465 e. The lowest BCUT2D eigenvalue weighted by Crippen LogP contribution is -2.48. The number of carbonyl (C=O) groups is 2. The number of piperidine rings is 1. The highest BCUT2D eigenvalue weighted by molar-refractivity contribution is 5.73. The third kappa shape index (κ3) is 2.93. The molecule has 0 aliphatic carbocycles. The maximum atomic E-state index is 11.0. The minimum atomic E-state index is -1.02. The molecule has 0 unspecified atom stereocenters. The van der Waals surface area contributed by atoms with Crippen LogP contribution in [-0.4, -0.2) is 41.1 Å². The van der Waals surface area contributed by atoms with Crippen LogP contribution < -0.4 is 5.32 Å². The third-order valence-corrected chi connectivity index (χ3v) is 2.19. The number of nitrogens with one attached hydrogen (secondary N) is 1. The van der Waals surface area contributed by atoms with Crippen molar-refractivity contribution in [1.29, 1.82) is 0 Å². The normalized spacial score (nSPS) is 22.5. The molecule has 2 N–H and O–H groups in total. The van der Waals surface area contributed by atoms with Crippen molar-refractivity contribution in [1.82, 2.24) is 10.2 Å². The molecule has 0 aromatic carbocycles. The molecule has 74 valence electrons. The van der Waals surface area contributed by atoms with Crippen molar-refractivity contribution in [2.75, 3.05) is 13.1 Å². The van der Waals surface area contributed by atoms with E-state index in [0.717, 1.165) is 19.4 Å². The van der Waals surface area contributed by atoms with Crippen molar-refractivity contribution in [2.45, 2.75) is 25.8 Å². The fourth-order valence-electron chi connectivity index (χ4n) is 1.56. The van der Waals surface area contributed by atoms with E-state index in [1.54, 1.807) is 4.90 Å². The summed E-state index contributed by atoms with van der Waals surface area (Å²) in [6.07, 6.45) is 0.663. The highest BCUT2D eigenvalue weighted by Gasteiger charge is 2.22. The number of hydrogen-bond acceptors (Lipinski definition) is 2. The second kappa shape index (κ2) is 4.11.